The molecule has 0 spiro atoms. The highest BCUT2D eigenvalue weighted by atomic mass is 16.5. The van der Waals surface area contributed by atoms with E-state index in [0.717, 1.165) is 30.7 Å². The lowest BCUT2D eigenvalue weighted by Crippen LogP contribution is -2.47. The number of rotatable bonds is 1. The molecule has 1 aromatic carbocycles. The van der Waals surface area contributed by atoms with E-state index in [4.69, 9.17) is 4.52 Å². The number of phenolic OH excluding ortho intramolecular Hbond substituents is 1. The fourth-order valence-corrected chi connectivity index (χ4v) is 4.99. The van der Waals surface area contributed by atoms with Gasteiger partial charge in [-0.05, 0) is 48.4 Å². The van der Waals surface area contributed by atoms with Gasteiger partial charge in [0.2, 0.25) is 0 Å². The second-order valence-corrected chi connectivity index (χ2v) is 7.10. The topological polar surface area (TPSA) is 74.9 Å². The molecule has 0 bridgehead atoms. The first-order valence-electron chi connectivity index (χ1n) is 8.46. The minimum absolute atomic E-state index is 0.195. The van der Waals surface area contributed by atoms with Crippen molar-refractivity contribution in [2.45, 2.75) is 37.5 Å². The summed E-state index contributed by atoms with van der Waals surface area (Å²) in [7, 11) is 0. The van der Waals surface area contributed by atoms with Crippen molar-refractivity contribution >= 4 is 0 Å². The molecular formula is C19H19N3O2. The van der Waals surface area contributed by atoms with E-state index in [1.54, 1.807) is 12.1 Å². The Hall–Kier alpha value is -2.56. The number of nitrogens with zero attached hydrogens (tertiary/aromatic N) is 2. The number of nitrogens with one attached hydrogen (secondary N) is 1. The number of benzene rings is 1. The standard InChI is InChI=1S/C19H19N3O2/c1-11-16-7-2-12-9-20-22-18(12)19(16,8-13-10-21-24-17(11)13)14-3-5-15(23)6-4-14/h3-6,9-11,16,23H,2,7-8H2,1H3,(H,20,22)/t11-,16-,19+/m0/s1. The zero-order valence-electron chi connectivity index (χ0n) is 13.5. The summed E-state index contributed by atoms with van der Waals surface area (Å²) < 4.78 is 5.57. The number of aromatic nitrogens is 3. The maximum atomic E-state index is 9.73. The van der Waals surface area contributed by atoms with Crippen LogP contribution in [0.1, 0.15) is 47.4 Å². The third kappa shape index (κ3) is 1.64. The summed E-state index contributed by atoms with van der Waals surface area (Å²) in [5, 5.41) is 21.5. The summed E-state index contributed by atoms with van der Waals surface area (Å²) in [4.78, 5) is 0. The predicted octanol–water partition coefficient (Wildman–Crippen LogP) is 3.31. The molecule has 5 heteroatoms. The highest BCUT2D eigenvalue weighted by Crippen LogP contribution is 2.56. The van der Waals surface area contributed by atoms with Crippen molar-refractivity contribution in [2.75, 3.05) is 0 Å². The molecule has 24 heavy (non-hydrogen) atoms. The number of H-pyrrole nitrogens is 1. The molecule has 5 nitrogen and oxygen atoms in total. The molecule has 0 radical (unpaired) electrons. The van der Waals surface area contributed by atoms with Gasteiger partial charge in [0.25, 0.3) is 0 Å². The smallest absolute Gasteiger partial charge is 0.143 e. The summed E-state index contributed by atoms with van der Waals surface area (Å²) in [5.41, 5.74) is 4.62. The summed E-state index contributed by atoms with van der Waals surface area (Å²) in [5.74, 6) is 2.00. The second kappa shape index (κ2) is 4.72. The Morgan fingerprint density at radius 1 is 1.25 bits per heavy atom. The molecule has 0 fully saturated rings. The van der Waals surface area contributed by atoms with Crippen LogP contribution in [0.5, 0.6) is 5.75 Å². The van der Waals surface area contributed by atoms with Crippen molar-refractivity contribution in [3.63, 3.8) is 0 Å². The lowest BCUT2D eigenvalue weighted by atomic mass is 9.53. The molecule has 0 aliphatic heterocycles. The van der Waals surface area contributed by atoms with Crippen molar-refractivity contribution < 1.29 is 9.63 Å². The quantitative estimate of drug-likeness (QED) is 0.721. The molecule has 5 rings (SSSR count). The number of aryl methyl sites for hydroxylation is 1. The van der Waals surface area contributed by atoms with Gasteiger partial charge < -0.3 is 9.63 Å². The van der Waals surface area contributed by atoms with Crippen LogP contribution in [0.25, 0.3) is 0 Å². The van der Waals surface area contributed by atoms with Crippen molar-refractivity contribution in [2.24, 2.45) is 5.92 Å². The van der Waals surface area contributed by atoms with Gasteiger partial charge in [-0.25, -0.2) is 0 Å². The Balaban J connectivity index is 1.80. The fourth-order valence-electron chi connectivity index (χ4n) is 4.99. The molecule has 0 unspecified atom stereocenters. The van der Waals surface area contributed by atoms with Gasteiger partial charge in [0, 0.05) is 23.1 Å². The molecule has 3 atom stereocenters. The maximum absolute atomic E-state index is 9.73. The number of hydrogen-bond acceptors (Lipinski definition) is 4. The first kappa shape index (κ1) is 13.8. The molecule has 2 aromatic heterocycles. The molecule has 2 aliphatic rings. The number of aromatic amines is 1. The van der Waals surface area contributed by atoms with E-state index in [1.165, 1.54) is 16.7 Å². The summed E-state index contributed by atoms with van der Waals surface area (Å²) in [6.45, 7) is 2.24. The van der Waals surface area contributed by atoms with E-state index in [0.29, 0.717) is 11.7 Å². The van der Waals surface area contributed by atoms with Crippen LogP contribution < -0.4 is 0 Å². The monoisotopic (exact) mass is 321 g/mol. The predicted molar refractivity (Wildman–Crippen MR) is 87.9 cm³/mol. The van der Waals surface area contributed by atoms with E-state index in [1.807, 2.05) is 24.5 Å². The van der Waals surface area contributed by atoms with Crippen molar-refractivity contribution in [1.82, 2.24) is 15.4 Å². The molecule has 2 aliphatic carbocycles. The average molecular weight is 321 g/mol. The van der Waals surface area contributed by atoms with Crippen LogP contribution in [0.2, 0.25) is 0 Å². The second-order valence-electron chi connectivity index (χ2n) is 7.10. The largest absolute Gasteiger partial charge is 0.508 e. The van der Waals surface area contributed by atoms with Gasteiger partial charge in [0.05, 0.1) is 11.9 Å². The van der Waals surface area contributed by atoms with E-state index in [-0.39, 0.29) is 11.3 Å². The van der Waals surface area contributed by atoms with Gasteiger partial charge in [-0.1, -0.05) is 24.2 Å². The Morgan fingerprint density at radius 2 is 2.08 bits per heavy atom. The summed E-state index contributed by atoms with van der Waals surface area (Å²) in [6, 6.07) is 7.63. The van der Waals surface area contributed by atoms with E-state index >= 15 is 0 Å². The first-order chi connectivity index (χ1) is 11.7. The number of phenols is 1. The highest BCUT2D eigenvalue weighted by Gasteiger charge is 2.53. The third-order valence-corrected chi connectivity index (χ3v) is 6.04. The van der Waals surface area contributed by atoms with Gasteiger partial charge in [0.1, 0.15) is 11.5 Å². The van der Waals surface area contributed by atoms with Gasteiger partial charge in [-0.3, -0.25) is 5.10 Å². The summed E-state index contributed by atoms with van der Waals surface area (Å²) >= 11 is 0. The lowest BCUT2D eigenvalue weighted by molar-refractivity contribution is 0.189. The van der Waals surface area contributed by atoms with Crippen LogP contribution >= 0.6 is 0 Å². The normalized spacial score (nSPS) is 28.0. The number of hydrogen-bond donors (Lipinski definition) is 2. The SMILES string of the molecule is C[C@@H]1c2oncc2C[C@]2(c3ccc(O)cc3)c3n[nH]cc3CC[C@@H]12. The third-order valence-electron chi connectivity index (χ3n) is 6.04. The van der Waals surface area contributed by atoms with Gasteiger partial charge in [0.15, 0.2) is 0 Å². The lowest BCUT2D eigenvalue weighted by Gasteiger charge is -2.48. The molecule has 0 amide bonds. The molecule has 2 N–H and O–H groups in total. The van der Waals surface area contributed by atoms with Gasteiger partial charge in [-0.15, -0.1) is 0 Å². The van der Waals surface area contributed by atoms with Crippen LogP contribution in [0.4, 0.5) is 0 Å². The van der Waals surface area contributed by atoms with Crippen LogP contribution in [-0.4, -0.2) is 20.5 Å². The summed E-state index contributed by atoms with van der Waals surface area (Å²) in [6.07, 6.45) is 6.84. The average Bonchev–Trinajstić information content (AvgIpc) is 3.24. The van der Waals surface area contributed by atoms with Crippen molar-refractivity contribution in [3.05, 3.63) is 64.8 Å². The van der Waals surface area contributed by atoms with Crippen molar-refractivity contribution in [1.29, 1.82) is 0 Å². The van der Waals surface area contributed by atoms with Crippen LogP contribution in [0.3, 0.4) is 0 Å². The van der Waals surface area contributed by atoms with Gasteiger partial charge in [-0.2, -0.15) is 5.10 Å². The highest BCUT2D eigenvalue weighted by molar-refractivity contribution is 5.49. The van der Waals surface area contributed by atoms with Gasteiger partial charge >= 0.3 is 0 Å². The molecule has 0 saturated carbocycles. The fraction of sp³-hybridized carbons (Fsp3) is 0.368. The zero-order chi connectivity index (χ0) is 16.3. The molecule has 3 aromatic rings. The van der Waals surface area contributed by atoms with E-state index < -0.39 is 0 Å². The maximum Gasteiger partial charge on any atom is 0.143 e. The van der Waals surface area contributed by atoms with E-state index in [9.17, 15) is 5.11 Å². The van der Waals surface area contributed by atoms with Crippen LogP contribution in [-0.2, 0) is 18.3 Å². The Labute approximate surface area is 139 Å². The first-order valence-corrected chi connectivity index (χ1v) is 8.46. The molecule has 0 saturated heterocycles. The number of aromatic hydroxyl groups is 1. The van der Waals surface area contributed by atoms with Crippen LogP contribution in [0, 0.1) is 5.92 Å². The molecular weight excluding hydrogens is 302 g/mol. The Morgan fingerprint density at radius 3 is 2.92 bits per heavy atom. The van der Waals surface area contributed by atoms with Crippen molar-refractivity contribution in [3.8, 4) is 5.75 Å². The Kier molecular flexibility index (Phi) is 2.72. The molecule has 2 heterocycles. The van der Waals surface area contributed by atoms with E-state index in [2.05, 4.69) is 22.3 Å². The van der Waals surface area contributed by atoms with Crippen LogP contribution in [0.15, 0.2) is 41.2 Å². The zero-order valence-corrected chi connectivity index (χ0v) is 13.5. The Bertz CT molecular complexity index is 895. The minimum atomic E-state index is -0.195. The number of fused-ring (bicyclic) bond motifs is 4. The molecule has 122 valence electrons. The minimum Gasteiger partial charge on any atom is -0.508 e.